The van der Waals surface area contributed by atoms with Crippen molar-refractivity contribution in [3.8, 4) is 0 Å². The van der Waals surface area contributed by atoms with Gasteiger partial charge in [-0.25, -0.2) is 4.31 Å². The predicted molar refractivity (Wildman–Crippen MR) is 145 cm³/mol. The van der Waals surface area contributed by atoms with Gasteiger partial charge in [-0.05, 0) is 55.9 Å². The second-order valence-electron chi connectivity index (χ2n) is 9.12. The number of nitrogens with zero attached hydrogens (tertiary/aromatic N) is 3. The SMILES string of the molecule is CCCNC(=O)[C@@H](CC)N(CCc1ccccc1)C(=O)CN(c1cc(C)ccc1C)S(=O)(=O)N(C)C. The lowest BCUT2D eigenvalue weighted by molar-refractivity contribution is -0.139. The lowest BCUT2D eigenvalue weighted by atomic mass is 10.1. The van der Waals surface area contributed by atoms with Gasteiger partial charge in [0.25, 0.3) is 0 Å². The van der Waals surface area contributed by atoms with Gasteiger partial charge in [0.1, 0.15) is 12.6 Å². The van der Waals surface area contributed by atoms with Gasteiger partial charge in [0.2, 0.25) is 11.8 Å². The number of carbonyl (C=O) groups excluding carboxylic acids is 2. The number of hydrogen-bond donors (Lipinski definition) is 1. The van der Waals surface area contributed by atoms with Gasteiger partial charge in [0, 0.05) is 27.2 Å². The van der Waals surface area contributed by atoms with Gasteiger partial charge in [-0.2, -0.15) is 12.7 Å². The Bertz CT molecular complexity index is 1120. The summed E-state index contributed by atoms with van der Waals surface area (Å²) in [6.07, 6.45) is 1.75. The number of rotatable bonds is 13. The number of carbonyl (C=O) groups is 2. The molecule has 1 N–H and O–H groups in total. The number of amides is 2. The molecule has 0 bridgehead atoms. The molecule has 0 aliphatic carbocycles. The molecule has 0 radical (unpaired) electrons. The summed E-state index contributed by atoms with van der Waals surface area (Å²) >= 11 is 0. The van der Waals surface area contributed by atoms with Crippen molar-refractivity contribution in [2.24, 2.45) is 0 Å². The number of benzene rings is 2. The largest absolute Gasteiger partial charge is 0.354 e. The molecule has 2 aromatic rings. The maximum atomic E-state index is 13.8. The fourth-order valence-corrected chi connectivity index (χ4v) is 5.06. The number of anilines is 1. The van der Waals surface area contributed by atoms with Gasteiger partial charge in [0.15, 0.2) is 0 Å². The van der Waals surface area contributed by atoms with E-state index in [-0.39, 0.29) is 5.91 Å². The molecule has 9 heteroatoms. The maximum Gasteiger partial charge on any atom is 0.304 e. The predicted octanol–water partition coefficient (Wildman–Crippen LogP) is 3.29. The van der Waals surface area contributed by atoms with Crippen LogP contribution < -0.4 is 9.62 Å². The van der Waals surface area contributed by atoms with Gasteiger partial charge >= 0.3 is 10.2 Å². The van der Waals surface area contributed by atoms with E-state index in [4.69, 9.17) is 0 Å². The van der Waals surface area contributed by atoms with Crippen molar-refractivity contribution in [3.63, 3.8) is 0 Å². The Morgan fingerprint density at radius 3 is 2.25 bits per heavy atom. The van der Waals surface area contributed by atoms with E-state index >= 15 is 0 Å². The van der Waals surface area contributed by atoms with Crippen LogP contribution in [0.4, 0.5) is 5.69 Å². The number of nitrogens with one attached hydrogen (secondary N) is 1. The van der Waals surface area contributed by atoms with Crippen LogP contribution in [-0.2, 0) is 26.2 Å². The highest BCUT2D eigenvalue weighted by atomic mass is 32.2. The second-order valence-corrected chi connectivity index (χ2v) is 11.2. The zero-order chi connectivity index (χ0) is 26.9. The van der Waals surface area contributed by atoms with Crippen molar-refractivity contribution in [2.45, 2.75) is 53.0 Å². The Balaban J connectivity index is 2.46. The molecule has 0 aliphatic rings. The summed E-state index contributed by atoms with van der Waals surface area (Å²) in [7, 11) is -1.09. The first-order chi connectivity index (χ1) is 17.0. The summed E-state index contributed by atoms with van der Waals surface area (Å²) in [6, 6.07) is 14.5. The molecule has 0 aromatic heterocycles. The lowest BCUT2D eigenvalue weighted by Crippen LogP contribution is -2.54. The van der Waals surface area contributed by atoms with Crippen LogP contribution in [0.15, 0.2) is 48.5 Å². The smallest absolute Gasteiger partial charge is 0.304 e. The van der Waals surface area contributed by atoms with E-state index in [1.54, 1.807) is 6.07 Å². The molecular weight excluding hydrogens is 476 g/mol. The van der Waals surface area contributed by atoms with Gasteiger partial charge in [0.05, 0.1) is 5.69 Å². The molecule has 8 nitrogen and oxygen atoms in total. The van der Waals surface area contributed by atoms with E-state index in [0.29, 0.717) is 31.6 Å². The molecule has 0 heterocycles. The second kappa shape index (κ2) is 13.4. The first-order valence-electron chi connectivity index (χ1n) is 12.4. The molecule has 1 atom stereocenters. The van der Waals surface area contributed by atoms with Crippen LogP contribution in [0.5, 0.6) is 0 Å². The highest BCUT2D eigenvalue weighted by molar-refractivity contribution is 7.90. The molecule has 0 spiro atoms. The van der Waals surface area contributed by atoms with Crippen molar-refractivity contribution in [3.05, 3.63) is 65.2 Å². The van der Waals surface area contributed by atoms with Crippen LogP contribution in [0.3, 0.4) is 0 Å². The third-order valence-corrected chi connectivity index (χ3v) is 7.88. The molecule has 2 rings (SSSR count). The summed E-state index contributed by atoms with van der Waals surface area (Å²) in [5.74, 6) is -0.648. The standard InChI is InChI=1S/C27H40N4O4S/c1-7-17-28-27(33)24(8-2)30(18-16-23-12-10-9-11-13-23)26(32)20-31(36(34,35)29(5)6)25-19-21(3)14-15-22(25)4/h9-15,19,24H,7-8,16-18,20H2,1-6H3,(H,28,33)/t24-/m1/s1. The van der Waals surface area contributed by atoms with E-state index in [9.17, 15) is 18.0 Å². The van der Waals surface area contributed by atoms with Gasteiger partial charge in [-0.15, -0.1) is 0 Å². The topological polar surface area (TPSA) is 90.0 Å². The Morgan fingerprint density at radius 2 is 1.67 bits per heavy atom. The van der Waals surface area contributed by atoms with Crippen LogP contribution in [-0.4, -0.2) is 69.2 Å². The summed E-state index contributed by atoms with van der Waals surface area (Å²) in [5.41, 5.74) is 3.10. The Morgan fingerprint density at radius 1 is 1.00 bits per heavy atom. The molecule has 0 aliphatic heterocycles. The molecule has 36 heavy (non-hydrogen) atoms. The van der Waals surface area contributed by atoms with Gasteiger partial charge in [-0.3, -0.25) is 9.59 Å². The van der Waals surface area contributed by atoms with E-state index < -0.39 is 28.7 Å². The minimum Gasteiger partial charge on any atom is -0.354 e. The number of aryl methyl sites for hydroxylation is 2. The highest BCUT2D eigenvalue weighted by Gasteiger charge is 2.34. The fourth-order valence-electron chi connectivity index (χ4n) is 3.95. The Kier molecular flexibility index (Phi) is 10.9. The fraction of sp³-hybridized carbons (Fsp3) is 0.481. The molecule has 0 saturated carbocycles. The first-order valence-corrected chi connectivity index (χ1v) is 13.8. The normalized spacial score (nSPS) is 12.3. The van der Waals surface area contributed by atoms with Crippen molar-refractivity contribution in [1.82, 2.24) is 14.5 Å². The van der Waals surface area contributed by atoms with Crippen LogP contribution in [0.25, 0.3) is 0 Å². The zero-order valence-electron chi connectivity index (χ0n) is 22.3. The van der Waals surface area contributed by atoms with Crippen molar-refractivity contribution in [1.29, 1.82) is 0 Å². The van der Waals surface area contributed by atoms with Crippen molar-refractivity contribution >= 4 is 27.7 Å². The summed E-state index contributed by atoms with van der Waals surface area (Å²) in [4.78, 5) is 28.3. The van der Waals surface area contributed by atoms with E-state index in [2.05, 4.69) is 5.32 Å². The van der Waals surface area contributed by atoms with E-state index in [1.165, 1.54) is 19.0 Å². The minimum absolute atomic E-state index is 0.227. The third-order valence-electron chi connectivity index (χ3n) is 6.07. The van der Waals surface area contributed by atoms with Gasteiger partial charge < -0.3 is 10.2 Å². The highest BCUT2D eigenvalue weighted by Crippen LogP contribution is 2.26. The van der Waals surface area contributed by atoms with Gasteiger partial charge in [-0.1, -0.05) is 56.3 Å². The van der Waals surface area contributed by atoms with Crippen LogP contribution >= 0.6 is 0 Å². The van der Waals surface area contributed by atoms with Crippen LogP contribution in [0.2, 0.25) is 0 Å². The summed E-state index contributed by atoms with van der Waals surface area (Å²) in [5, 5.41) is 2.89. The molecule has 0 unspecified atom stereocenters. The molecule has 0 fully saturated rings. The minimum atomic E-state index is -3.98. The zero-order valence-corrected chi connectivity index (χ0v) is 23.1. The lowest BCUT2D eigenvalue weighted by Gasteiger charge is -2.34. The van der Waals surface area contributed by atoms with Crippen LogP contribution in [0.1, 0.15) is 43.4 Å². The Hall–Kier alpha value is -2.91. The van der Waals surface area contributed by atoms with Crippen molar-refractivity contribution < 1.29 is 18.0 Å². The summed E-state index contributed by atoms with van der Waals surface area (Å²) in [6.45, 7) is 7.92. The molecule has 198 valence electrons. The average Bonchev–Trinajstić information content (AvgIpc) is 2.85. The molecule has 0 saturated heterocycles. The molecular formula is C27H40N4O4S. The summed E-state index contributed by atoms with van der Waals surface area (Å²) < 4.78 is 28.9. The average molecular weight is 517 g/mol. The maximum absolute atomic E-state index is 13.8. The first kappa shape index (κ1) is 29.3. The Labute approximate surface area is 216 Å². The van der Waals surface area contributed by atoms with E-state index in [0.717, 1.165) is 31.7 Å². The number of hydrogen-bond acceptors (Lipinski definition) is 4. The quantitative estimate of drug-likeness (QED) is 0.442. The van der Waals surface area contributed by atoms with Crippen LogP contribution in [0, 0.1) is 13.8 Å². The van der Waals surface area contributed by atoms with Crippen molar-refractivity contribution in [2.75, 3.05) is 38.0 Å². The monoisotopic (exact) mass is 516 g/mol. The molecule has 2 amide bonds. The van der Waals surface area contributed by atoms with E-state index in [1.807, 2.05) is 70.2 Å². The molecule has 2 aromatic carbocycles. The third kappa shape index (κ3) is 7.54.